The first-order valence-electron chi connectivity index (χ1n) is 8.60. The minimum atomic E-state index is -0.350. The Balaban J connectivity index is 2.14. The summed E-state index contributed by atoms with van der Waals surface area (Å²) in [6.45, 7) is 6.75. The SMILES string of the molecule is CCCc1cc2c(C)cc(=O)oc2c(CN2CCCCC2)c1O. The van der Waals surface area contributed by atoms with Crippen molar-refractivity contribution in [2.45, 2.75) is 52.5 Å². The summed E-state index contributed by atoms with van der Waals surface area (Å²) in [7, 11) is 0. The van der Waals surface area contributed by atoms with Gasteiger partial charge in [0.05, 0.1) is 5.56 Å². The van der Waals surface area contributed by atoms with Crippen LogP contribution in [0.15, 0.2) is 21.3 Å². The Morgan fingerprint density at radius 2 is 1.96 bits per heavy atom. The van der Waals surface area contributed by atoms with Gasteiger partial charge in [-0.3, -0.25) is 4.90 Å². The van der Waals surface area contributed by atoms with Gasteiger partial charge >= 0.3 is 5.63 Å². The molecule has 0 spiro atoms. The first-order valence-corrected chi connectivity index (χ1v) is 8.60. The molecule has 1 saturated heterocycles. The lowest BCUT2D eigenvalue weighted by Crippen LogP contribution is -2.29. The summed E-state index contributed by atoms with van der Waals surface area (Å²) in [5.41, 5.74) is 2.83. The fraction of sp³-hybridized carbons (Fsp3) is 0.526. The number of aryl methyl sites for hydroxylation is 2. The second-order valence-electron chi connectivity index (χ2n) is 6.57. The largest absolute Gasteiger partial charge is 0.507 e. The number of likely N-dealkylation sites (tertiary alicyclic amines) is 1. The molecule has 1 aromatic carbocycles. The molecular formula is C19H25NO3. The molecule has 0 aliphatic carbocycles. The maximum atomic E-state index is 11.8. The van der Waals surface area contributed by atoms with Crippen LogP contribution in [0.2, 0.25) is 0 Å². The average molecular weight is 315 g/mol. The van der Waals surface area contributed by atoms with Crippen LogP contribution in [0, 0.1) is 6.92 Å². The third-order valence-electron chi connectivity index (χ3n) is 4.74. The van der Waals surface area contributed by atoms with Crippen LogP contribution in [-0.4, -0.2) is 23.1 Å². The number of piperidine rings is 1. The molecular weight excluding hydrogens is 290 g/mol. The van der Waals surface area contributed by atoms with Crippen molar-refractivity contribution in [3.63, 3.8) is 0 Å². The number of hydrogen-bond acceptors (Lipinski definition) is 4. The predicted octanol–water partition coefficient (Wildman–Crippen LogP) is 3.75. The van der Waals surface area contributed by atoms with Gasteiger partial charge in [-0.15, -0.1) is 0 Å². The first-order chi connectivity index (χ1) is 11.1. The number of nitrogens with zero attached hydrogens (tertiary/aromatic N) is 1. The van der Waals surface area contributed by atoms with Gasteiger partial charge in [0.1, 0.15) is 11.3 Å². The summed E-state index contributed by atoms with van der Waals surface area (Å²) < 4.78 is 5.49. The van der Waals surface area contributed by atoms with Crippen molar-refractivity contribution in [3.8, 4) is 5.75 Å². The maximum absolute atomic E-state index is 11.8. The molecule has 4 nitrogen and oxygen atoms in total. The fourth-order valence-electron chi connectivity index (χ4n) is 3.51. The van der Waals surface area contributed by atoms with Gasteiger partial charge in [0.25, 0.3) is 0 Å². The summed E-state index contributed by atoms with van der Waals surface area (Å²) in [5, 5.41) is 11.7. The molecule has 4 heteroatoms. The normalized spacial score (nSPS) is 16.1. The molecule has 1 aliphatic rings. The summed E-state index contributed by atoms with van der Waals surface area (Å²) in [5.74, 6) is 0.304. The van der Waals surface area contributed by atoms with Gasteiger partial charge in [-0.05, 0) is 56.5 Å². The number of phenols is 1. The Hall–Kier alpha value is -1.81. The lowest BCUT2D eigenvalue weighted by Gasteiger charge is -2.27. The van der Waals surface area contributed by atoms with Crippen LogP contribution in [0.3, 0.4) is 0 Å². The van der Waals surface area contributed by atoms with E-state index in [-0.39, 0.29) is 5.63 Å². The smallest absolute Gasteiger partial charge is 0.336 e. The predicted molar refractivity (Wildman–Crippen MR) is 92.0 cm³/mol. The number of benzene rings is 1. The minimum Gasteiger partial charge on any atom is -0.507 e. The van der Waals surface area contributed by atoms with Gasteiger partial charge in [-0.1, -0.05) is 19.8 Å². The molecule has 2 heterocycles. The Bertz CT molecular complexity index is 757. The van der Waals surface area contributed by atoms with E-state index in [9.17, 15) is 9.90 Å². The highest BCUT2D eigenvalue weighted by atomic mass is 16.4. The van der Waals surface area contributed by atoms with Crippen molar-refractivity contribution in [1.82, 2.24) is 4.90 Å². The van der Waals surface area contributed by atoms with E-state index in [0.29, 0.717) is 17.9 Å². The van der Waals surface area contributed by atoms with Crippen LogP contribution in [-0.2, 0) is 13.0 Å². The van der Waals surface area contributed by atoms with Crippen molar-refractivity contribution in [3.05, 3.63) is 39.2 Å². The second-order valence-corrected chi connectivity index (χ2v) is 6.57. The third kappa shape index (κ3) is 3.27. The summed E-state index contributed by atoms with van der Waals surface area (Å²) >= 11 is 0. The minimum absolute atomic E-state index is 0.304. The van der Waals surface area contributed by atoms with E-state index in [2.05, 4.69) is 11.8 Å². The van der Waals surface area contributed by atoms with Crippen LogP contribution in [0.5, 0.6) is 5.75 Å². The molecule has 0 radical (unpaired) electrons. The van der Waals surface area contributed by atoms with Crippen molar-refractivity contribution in [1.29, 1.82) is 0 Å². The highest BCUT2D eigenvalue weighted by Gasteiger charge is 2.20. The van der Waals surface area contributed by atoms with Gasteiger partial charge in [-0.25, -0.2) is 4.79 Å². The molecule has 0 amide bonds. The van der Waals surface area contributed by atoms with Gasteiger partial charge in [0.15, 0.2) is 0 Å². The van der Waals surface area contributed by atoms with Gasteiger partial charge in [0.2, 0.25) is 0 Å². The van der Waals surface area contributed by atoms with Gasteiger partial charge < -0.3 is 9.52 Å². The van der Waals surface area contributed by atoms with Gasteiger partial charge in [-0.2, -0.15) is 0 Å². The van der Waals surface area contributed by atoms with Crippen molar-refractivity contribution in [2.75, 3.05) is 13.1 Å². The fourth-order valence-corrected chi connectivity index (χ4v) is 3.51. The molecule has 0 unspecified atom stereocenters. The van der Waals surface area contributed by atoms with E-state index in [4.69, 9.17) is 4.42 Å². The van der Waals surface area contributed by atoms with Crippen LogP contribution in [0.1, 0.15) is 49.3 Å². The zero-order valence-electron chi connectivity index (χ0n) is 14.0. The lowest BCUT2D eigenvalue weighted by atomic mass is 9.98. The van der Waals surface area contributed by atoms with Crippen molar-refractivity contribution >= 4 is 11.0 Å². The molecule has 0 bridgehead atoms. The molecule has 1 aliphatic heterocycles. The van der Waals surface area contributed by atoms with Gasteiger partial charge in [0, 0.05) is 18.0 Å². The Morgan fingerprint density at radius 3 is 2.65 bits per heavy atom. The highest BCUT2D eigenvalue weighted by Crippen LogP contribution is 2.34. The van der Waals surface area contributed by atoms with Crippen LogP contribution in [0.4, 0.5) is 0 Å². The molecule has 2 aromatic rings. The number of aromatic hydroxyl groups is 1. The summed E-state index contributed by atoms with van der Waals surface area (Å²) in [4.78, 5) is 14.2. The molecule has 0 atom stereocenters. The van der Waals surface area contributed by atoms with E-state index in [1.807, 2.05) is 13.0 Å². The van der Waals surface area contributed by atoms with E-state index < -0.39 is 0 Å². The van der Waals surface area contributed by atoms with Crippen LogP contribution >= 0.6 is 0 Å². The number of hydrogen-bond donors (Lipinski definition) is 1. The molecule has 0 saturated carbocycles. The Labute approximate surface area is 136 Å². The van der Waals surface area contributed by atoms with Crippen molar-refractivity contribution in [2.24, 2.45) is 0 Å². The standard InChI is InChI=1S/C19H25NO3/c1-3-7-14-11-15-13(2)10-17(21)23-19(15)16(18(14)22)12-20-8-5-4-6-9-20/h10-11,22H,3-9,12H2,1-2H3. The molecule has 1 fully saturated rings. The maximum Gasteiger partial charge on any atom is 0.336 e. The molecule has 1 N–H and O–H groups in total. The number of phenolic OH excluding ortho intramolecular Hbond substituents is 1. The zero-order chi connectivity index (χ0) is 16.4. The Kier molecular flexibility index (Phi) is 4.71. The molecule has 3 rings (SSSR count). The summed E-state index contributed by atoms with van der Waals surface area (Å²) in [6.07, 6.45) is 5.45. The monoisotopic (exact) mass is 315 g/mol. The van der Waals surface area contributed by atoms with E-state index >= 15 is 0 Å². The van der Waals surface area contributed by atoms with Crippen LogP contribution in [0.25, 0.3) is 11.0 Å². The second kappa shape index (κ2) is 6.75. The van der Waals surface area contributed by atoms with E-state index in [1.165, 1.54) is 25.3 Å². The molecule has 23 heavy (non-hydrogen) atoms. The molecule has 1 aromatic heterocycles. The van der Waals surface area contributed by atoms with Crippen LogP contribution < -0.4 is 5.63 Å². The topological polar surface area (TPSA) is 53.7 Å². The van der Waals surface area contributed by atoms with Crippen molar-refractivity contribution < 1.29 is 9.52 Å². The van der Waals surface area contributed by atoms with E-state index in [1.54, 1.807) is 0 Å². The quantitative estimate of drug-likeness (QED) is 0.873. The number of fused-ring (bicyclic) bond motifs is 1. The first kappa shape index (κ1) is 16.1. The molecule has 124 valence electrons. The highest BCUT2D eigenvalue weighted by molar-refractivity contribution is 5.86. The van der Waals surface area contributed by atoms with E-state index in [0.717, 1.165) is 48.0 Å². The number of rotatable bonds is 4. The Morgan fingerprint density at radius 1 is 1.22 bits per heavy atom. The lowest BCUT2D eigenvalue weighted by molar-refractivity contribution is 0.218. The zero-order valence-corrected chi connectivity index (χ0v) is 14.0. The third-order valence-corrected chi connectivity index (χ3v) is 4.74. The summed E-state index contributed by atoms with van der Waals surface area (Å²) in [6, 6.07) is 3.51. The average Bonchev–Trinajstić information content (AvgIpc) is 2.53.